The number of nitrogens with one attached hydrogen (secondary N) is 1. The topological polar surface area (TPSA) is 107 Å². The fourth-order valence-corrected chi connectivity index (χ4v) is 0.874. The van der Waals surface area contributed by atoms with Crippen molar-refractivity contribution in [3.63, 3.8) is 0 Å². The van der Waals surface area contributed by atoms with Crippen LogP contribution in [0.5, 0.6) is 0 Å². The van der Waals surface area contributed by atoms with Gasteiger partial charge in [-0.3, -0.25) is 10.1 Å². The first-order chi connectivity index (χ1) is 7.13. The van der Waals surface area contributed by atoms with Crippen LogP contribution in [0.4, 0.5) is 11.6 Å². The van der Waals surface area contributed by atoms with E-state index in [0.717, 1.165) is 18.8 Å². The molecule has 0 spiro atoms. The molecule has 0 aliphatic heterocycles. The van der Waals surface area contributed by atoms with Crippen LogP contribution in [0.25, 0.3) is 0 Å². The number of nitrogens with zero attached hydrogens (tertiary/aromatic N) is 3. The Bertz CT molecular complexity index is 326. The molecule has 7 heteroatoms. The van der Waals surface area contributed by atoms with Crippen LogP contribution in [0, 0.1) is 10.1 Å². The second-order valence-electron chi connectivity index (χ2n) is 3.07. The van der Waals surface area contributed by atoms with E-state index in [1.807, 2.05) is 6.92 Å². The van der Waals surface area contributed by atoms with E-state index < -0.39 is 4.92 Å². The first-order valence-corrected chi connectivity index (χ1v) is 4.59. The van der Waals surface area contributed by atoms with Crippen molar-refractivity contribution in [1.29, 1.82) is 0 Å². The number of hydrogen-bond donors (Lipinski definition) is 2. The summed E-state index contributed by atoms with van der Waals surface area (Å²) >= 11 is 0. The molecule has 0 amide bonds. The van der Waals surface area contributed by atoms with Gasteiger partial charge in [0.15, 0.2) is 0 Å². The van der Waals surface area contributed by atoms with Gasteiger partial charge in [0.05, 0.1) is 4.92 Å². The van der Waals surface area contributed by atoms with Gasteiger partial charge in [-0.1, -0.05) is 6.92 Å². The lowest BCUT2D eigenvalue weighted by atomic mass is 10.2. The molecule has 0 saturated heterocycles. The normalized spacial score (nSPS) is 12.1. The maximum atomic E-state index is 10.3. The number of nitro groups is 1. The summed E-state index contributed by atoms with van der Waals surface area (Å²) in [6.07, 6.45) is 3.17. The third kappa shape index (κ3) is 3.47. The highest BCUT2D eigenvalue weighted by Crippen LogP contribution is 2.07. The summed E-state index contributed by atoms with van der Waals surface area (Å²) in [6.45, 7) is 2.53. The Balaban J connectivity index is 2.53. The molecule has 15 heavy (non-hydrogen) atoms. The van der Waals surface area contributed by atoms with Gasteiger partial charge in [0.2, 0.25) is 5.95 Å². The van der Waals surface area contributed by atoms with Crippen molar-refractivity contribution in [2.45, 2.75) is 19.4 Å². The van der Waals surface area contributed by atoms with Crippen LogP contribution in [-0.2, 0) is 0 Å². The molecule has 0 radical (unpaired) electrons. The summed E-state index contributed by atoms with van der Waals surface area (Å²) in [6, 6.07) is 0.0313. The predicted octanol–water partition coefficient (Wildman–Crippen LogP) is 0.534. The van der Waals surface area contributed by atoms with Crippen molar-refractivity contribution in [1.82, 2.24) is 9.97 Å². The average Bonchev–Trinajstić information content (AvgIpc) is 2.26. The third-order valence-electron chi connectivity index (χ3n) is 1.90. The van der Waals surface area contributed by atoms with Crippen molar-refractivity contribution in [3.8, 4) is 0 Å². The van der Waals surface area contributed by atoms with Gasteiger partial charge < -0.3 is 11.1 Å². The molecule has 0 bridgehead atoms. The summed E-state index contributed by atoms with van der Waals surface area (Å²) in [7, 11) is 0. The van der Waals surface area contributed by atoms with E-state index >= 15 is 0 Å². The largest absolute Gasteiger partial charge is 0.353 e. The van der Waals surface area contributed by atoms with Crippen LogP contribution in [-0.4, -0.2) is 27.5 Å². The summed E-state index contributed by atoms with van der Waals surface area (Å²) in [5.74, 6) is 0.351. The lowest BCUT2D eigenvalue weighted by molar-refractivity contribution is -0.385. The third-order valence-corrected chi connectivity index (χ3v) is 1.90. The highest BCUT2D eigenvalue weighted by Gasteiger charge is 2.06. The number of aromatic nitrogens is 2. The van der Waals surface area contributed by atoms with Crippen LogP contribution in [0.15, 0.2) is 12.4 Å². The number of anilines is 1. The highest BCUT2D eigenvalue weighted by atomic mass is 16.6. The maximum Gasteiger partial charge on any atom is 0.305 e. The average molecular weight is 211 g/mol. The minimum atomic E-state index is -0.540. The minimum absolute atomic E-state index is 0.0313. The zero-order valence-corrected chi connectivity index (χ0v) is 8.38. The van der Waals surface area contributed by atoms with E-state index in [4.69, 9.17) is 5.73 Å². The Morgan fingerprint density at radius 3 is 2.67 bits per heavy atom. The van der Waals surface area contributed by atoms with Crippen molar-refractivity contribution >= 4 is 11.6 Å². The standard InChI is InChI=1S/C8H13N5O2/c1-2-6(9)3-10-8-11-4-7(5-12-8)13(14)15/h4-6H,2-3,9H2,1H3,(H,10,11,12). The van der Waals surface area contributed by atoms with E-state index in [9.17, 15) is 10.1 Å². The molecule has 1 heterocycles. The first-order valence-electron chi connectivity index (χ1n) is 4.59. The number of rotatable bonds is 5. The molecule has 1 rings (SSSR count). The number of hydrogen-bond acceptors (Lipinski definition) is 6. The molecular formula is C8H13N5O2. The van der Waals surface area contributed by atoms with Gasteiger partial charge in [0, 0.05) is 12.6 Å². The van der Waals surface area contributed by atoms with E-state index in [0.29, 0.717) is 12.5 Å². The zero-order valence-electron chi connectivity index (χ0n) is 8.38. The van der Waals surface area contributed by atoms with Crippen LogP contribution < -0.4 is 11.1 Å². The van der Waals surface area contributed by atoms with Crippen molar-refractivity contribution < 1.29 is 4.92 Å². The number of nitrogens with two attached hydrogens (primary N) is 1. The Morgan fingerprint density at radius 1 is 1.60 bits per heavy atom. The molecule has 1 aromatic heterocycles. The second kappa shape index (κ2) is 5.20. The lowest BCUT2D eigenvalue weighted by Crippen LogP contribution is -2.28. The second-order valence-corrected chi connectivity index (χ2v) is 3.07. The molecule has 0 fully saturated rings. The molecule has 0 aliphatic carbocycles. The van der Waals surface area contributed by atoms with Gasteiger partial charge in [-0.25, -0.2) is 9.97 Å². The summed E-state index contributed by atoms with van der Waals surface area (Å²) in [4.78, 5) is 17.3. The Hall–Kier alpha value is -1.76. The lowest BCUT2D eigenvalue weighted by Gasteiger charge is -2.09. The minimum Gasteiger partial charge on any atom is -0.353 e. The summed E-state index contributed by atoms with van der Waals surface area (Å²) in [5, 5.41) is 13.2. The Morgan fingerprint density at radius 2 is 2.20 bits per heavy atom. The molecule has 0 aliphatic rings. The molecule has 3 N–H and O–H groups in total. The van der Waals surface area contributed by atoms with E-state index in [-0.39, 0.29) is 11.7 Å². The quantitative estimate of drug-likeness (QED) is 0.543. The molecular weight excluding hydrogens is 198 g/mol. The maximum absolute atomic E-state index is 10.3. The van der Waals surface area contributed by atoms with Gasteiger partial charge in [0.1, 0.15) is 12.4 Å². The SMILES string of the molecule is CCC(N)CNc1ncc([N+](=O)[O-])cn1. The molecule has 0 aromatic carbocycles. The predicted molar refractivity (Wildman–Crippen MR) is 55.4 cm³/mol. The highest BCUT2D eigenvalue weighted by molar-refractivity contribution is 5.30. The van der Waals surface area contributed by atoms with Crippen molar-refractivity contribution in [2.24, 2.45) is 5.73 Å². The summed E-state index contributed by atoms with van der Waals surface area (Å²) in [5.41, 5.74) is 5.55. The fraction of sp³-hybridized carbons (Fsp3) is 0.500. The molecule has 1 atom stereocenters. The van der Waals surface area contributed by atoms with Crippen LogP contribution >= 0.6 is 0 Å². The van der Waals surface area contributed by atoms with Gasteiger partial charge >= 0.3 is 5.69 Å². The molecule has 1 unspecified atom stereocenters. The van der Waals surface area contributed by atoms with Gasteiger partial charge in [-0.05, 0) is 6.42 Å². The van der Waals surface area contributed by atoms with Gasteiger partial charge in [0.25, 0.3) is 0 Å². The van der Waals surface area contributed by atoms with E-state index in [1.54, 1.807) is 0 Å². The van der Waals surface area contributed by atoms with Gasteiger partial charge in [-0.15, -0.1) is 0 Å². The fourth-order valence-electron chi connectivity index (χ4n) is 0.874. The smallest absolute Gasteiger partial charge is 0.305 e. The molecule has 7 nitrogen and oxygen atoms in total. The van der Waals surface area contributed by atoms with E-state index in [2.05, 4.69) is 15.3 Å². The first kappa shape index (κ1) is 11.3. The van der Waals surface area contributed by atoms with Crippen molar-refractivity contribution in [2.75, 3.05) is 11.9 Å². The van der Waals surface area contributed by atoms with Crippen LogP contribution in [0.1, 0.15) is 13.3 Å². The monoisotopic (exact) mass is 211 g/mol. The van der Waals surface area contributed by atoms with Crippen LogP contribution in [0.2, 0.25) is 0 Å². The van der Waals surface area contributed by atoms with Crippen molar-refractivity contribution in [3.05, 3.63) is 22.5 Å². The Kier molecular flexibility index (Phi) is 3.92. The molecule has 82 valence electrons. The van der Waals surface area contributed by atoms with Gasteiger partial charge in [-0.2, -0.15) is 0 Å². The zero-order chi connectivity index (χ0) is 11.3. The van der Waals surface area contributed by atoms with Crippen LogP contribution in [0.3, 0.4) is 0 Å². The molecule has 1 aromatic rings. The van der Waals surface area contributed by atoms with E-state index in [1.165, 1.54) is 0 Å². The Labute approximate surface area is 86.9 Å². The molecule has 0 saturated carbocycles. The summed E-state index contributed by atoms with van der Waals surface area (Å²) < 4.78 is 0.